The highest BCUT2D eigenvalue weighted by Crippen LogP contribution is 2.07. The van der Waals surface area contributed by atoms with Crippen molar-refractivity contribution < 1.29 is 5.11 Å². The highest BCUT2D eigenvalue weighted by atomic mass is 16.3. The van der Waals surface area contributed by atoms with Gasteiger partial charge < -0.3 is 10.0 Å². The number of hydrogen-bond donors (Lipinski definition) is 1. The molecule has 0 aliphatic rings. The maximum atomic E-state index is 8.79. The van der Waals surface area contributed by atoms with Gasteiger partial charge in [-0.1, -0.05) is 0 Å². The van der Waals surface area contributed by atoms with Crippen LogP contribution in [0.3, 0.4) is 0 Å². The number of aromatic nitrogens is 2. The molecule has 74 valence electrons. The third kappa shape index (κ3) is 2.41. The molecule has 0 saturated heterocycles. The van der Waals surface area contributed by atoms with E-state index in [4.69, 9.17) is 10.4 Å². The first-order chi connectivity index (χ1) is 6.81. The second kappa shape index (κ2) is 5.14. The summed E-state index contributed by atoms with van der Waals surface area (Å²) in [7, 11) is 0. The van der Waals surface area contributed by atoms with Crippen LogP contribution in [0.2, 0.25) is 0 Å². The van der Waals surface area contributed by atoms with Crippen molar-refractivity contribution >= 4 is 5.82 Å². The van der Waals surface area contributed by atoms with Crippen molar-refractivity contribution in [3.05, 3.63) is 18.1 Å². The van der Waals surface area contributed by atoms with Crippen molar-refractivity contribution in [2.75, 3.05) is 24.6 Å². The zero-order valence-electron chi connectivity index (χ0n) is 8.01. The lowest BCUT2D eigenvalue weighted by Crippen LogP contribution is -2.27. The van der Waals surface area contributed by atoms with Gasteiger partial charge in [-0.05, 0) is 6.92 Å². The van der Waals surface area contributed by atoms with Gasteiger partial charge in [0.05, 0.1) is 19.0 Å². The molecule has 14 heavy (non-hydrogen) atoms. The summed E-state index contributed by atoms with van der Waals surface area (Å²) in [6.07, 6.45) is 2.97. The van der Waals surface area contributed by atoms with Crippen molar-refractivity contribution in [1.29, 1.82) is 5.26 Å². The molecule has 5 nitrogen and oxygen atoms in total. The predicted octanol–water partition coefficient (Wildman–Crippen LogP) is 0.167. The van der Waals surface area contributed by atoms with E-state index in [-0.39, 0.29) is 6.61 Å². The van der Waals surface area contributed by atoms with E-state index >= 15 is 0 Å². The van der Waals surface area contributed by atoms with Gasteiger partial charge in [-0.3, -0.25) is 0 Å². The number of aliphatic hydroxyl groups is 1. The molecule has 0 amide bonds. The number of likely N-dealkylation sites (N-methyl/N-ethyl adjacent to an activating group) is 1. The molecule has 1 N–H and O–H groups in total. The topological polar surface area (TPSA) is 73.0 Å². The van der Waals surface area contributed by atoms with E-state index in [0.717, 1.165) is 6.54 Å². The van der Waals surface area contributed by atoms with Crippen LogP contribution in [0.1, 0.15) is 12.6 Å². The molecule has 0 saturated carbocycles. The molecule has 1 rings (SSSR count). The Kier molecular flexibility index (Phi) is 3.83. The van der Waals surface area contributed by atoms with E-state index < -0.39 is 0 Å². The van der Waals surface area contributed by atoms with Crippen LogP contribution in [-0.4, -0.2) is 34.8 Å². The fourth-order valence-corrected chi connectivity index (χ4v) is 1.10. The second-order valence-corrected chi connectivity index (χ2v) is 2.67. The maximum Gasteiger partial charge on any atom is 0.158 e. The van der Waals surface area contributed by atoms with E-state index in [2.05, 4.69) is 9.97 Å². The summed E-state index contributed by atoms with van der Waals surface area (Å²) in [6, 6.07) is 1.90. The number of hydrogen-bond acceptors (Lipinski definition) is 5. The molecule has 1 aromatic heterocycles. The van der Waals surface area contributed by atoms with E-state index in [1.165, 1.54) is 12.4 Å². The standard InChI is InChI=1S/C9H12N4O/c1-2-13(3-4-14)9-7-11-8(5-10)6-12-9/h6-7,14H,2-4H2,1H3. The molecule has 0 aromatic carbocycles. The molecule has 5 heteroatoms. The molecular weight excluding hydrogens is 180 g/mol. The smallest absolute Gasteiger partial charge is 0.158 e. The van der Waals surface area contributed by atoms with Gasteiger partial charge >= 0.3 is 0 Å². The van der Waals surface area contributed by atoms with Gasteiger partial charge in [-0.15, -0.1) is 0 Å². The lowest BCUT2D eigenvalue weighted by molar-refractivity contribution is 0.302. The first-order valence-corrected chi connectivity index (χ1v) is 4.39. The summed E-state index contributed by atoms with van der Waals surface area (Å²) in [5.41, 5.74) is 0.300. The minimum absolute atomic E-state index is 0.0789. The van der Waals surface area contributed by atoms with Crippen LogP contribution in [0.25, 0.3) is 0 Å². The largest absolute Gasteiger partial charge is 0.395 e. The SMILES string of the molecule is CCN(CCO)c1cnc(C#N)cn1. The minimum atomic E-state index is 0.0789. The third-order valence-electron chi connectivity index (χ3n) is 1.83. The highest BCUT2D eigenvalue weighted by molar-refractivity contribution is 5.36. The Morgan fingerprint density at radius 3 is 2.71 bits per heavy atom. The van der Waals surface area contributed by atoms with Crippen LogP contribution in [-0.2, 0) is 0 Å². The molecule has 1 heterocycles. The van der Waals surface area contributed by atoms with Gasteiger partial charge in [0, 0.05) is 13.1 Å². The van der Waals surface area contributed by atoms with Gasteiger partial charge in [-0.2, -0.15) is 5.26 Å². The monoisotopic (exact) mass is 192 g/mol. The molecular formula is C9H12N4O. The zero-order chi connectivity index (χ0) is 10.4. The average molecular weight is 192 g/mol. The summed E-state index contributed by atoms with van der Waals surface area (Å²) < 4.78 is 0. The maximum absolute atomic E-state index is 8.79. The Hall–Kier alpha value is -1.67. The van der Waals surface area contributed by atoms with Crippen molar-refractivity contribution in [2.45, 2.75) is 6.92 Å². The first-order valence-electron chi connectivity index (χ1n) is 4.39. The molecule has 0 fully saturated rings. The van der Waals surface area contributed by atoms with Gasteiger partial charge in [-0.25, -0.2) is 9.97 Å². The predicted molar refractivity (Wildman–Crippen MR) is 51.7 cm³/mol. The van der Waals surface area contributed by atoms with Crippen molar-refractivity contribution in [3.63, 3.8) is 0 Å². The van der Waals surface area contributed by atoms with Gasteiger partial charge in [0.1, 0.15) is 11.9 Å². The van der Waals surface area contributed by atoms with Crippen LogP contribution in [0.4, 0.5) is 5.82 Å². The highest BCUT2D eigenvalue weighted by Gasteiger charge is 2.04. The van der Waals surface area contributed by atoms with Crippen LogP contribution >= 0.6 is 0 Å². The molecule has 0 bridgehead atoms. The molecule has 0 spiro atoms. The molecule has 0 unspecified atom stereocenters. The number of anilines is 1. The molecule has 1 aromatic rings. The number of rotatable bonds is 4. The van der Waals surface area contributed by atoms with Gasteiger partial charge in [0.2, 0.25) is 0 Å². The van der Waals surface area contributed by atoms with Gasteiger partial charge in [0.25, 0.3) is 0 Å². The average Bonchev–Trinajstić information content (AvgIpc) is 2.26. The van der Waals surface area contributed by atoms with E-state index in [9.17, 15) is 0 Å². The fourth-order valence-electron chi connectivity index (χ4n) is 1.10. The van der Waals surface area contributed by atoms with E-state index in [0.29, 0.717) is 18.1 Å². The number of aliphatic hydroxyl groups excluding tert-OH is 1. The van der Waals surface area contributed by atoms with Gasteiger partial charge in [0.15, 0.2) is 5.69 Å². The van der Waals surface area contributed by atoms with Crippen molar-refractivity contribution in [3.8, 4) is 6.07 Å². The van der Waals surface area contributed by atoms with E-state index in [1.807, 2.05) is 17.9 Å². The summed E-state index contributed by atoms with van der Waals surface area (Å²) in [5.74, 6) is 0.681. The summed E-state index contributed by atoms with van der Waals surface area (Å²) in [5, 5.41) is 17.3. The number of nitriles is 1. The normalized spacial score (nSPS) is 9.50. The molecule has 0 aliphatic carbocycles. The lowest BCUT2D eigenvalue weighted by atomic mass is 10.4. The fraction of sp³-hybridized carbons (Fsp3) is 0.444. The summed E-state index contributed by atoms with van der Waals surface area (Å²) in [6.45, 7) is 3.32. The Morgan fingerprint density at radius 1 is 1.50 bits per heavy atom. The van der Waals surface area contributed by atoms with Crippen LogP contribution in [0, 0.1) is 11.3 Å². The van der Waals surface area contributed by atoms with Crippen LogP contribution < -0.4 is 4.90 Å². The molecule has 0 radical (unpaired) electrons. The van der Waals surface area contributed by atoms with Crippen molar-refractivity contribution in [2.24, 2.45) is 0 Å². The van der Waals surface area contributed by atoms with Crippen molar-refractivity contribution in [1.82, 2.24) is 9.97 Å². The summed E-state index contributed by atoms with van der Waals surface area (Å²) >= 11 is 0. The number of nitrogens with zero attached hydrogens (tertiary/aromatic N) is 4. The lowest BCUT2D eigenvalue weighted by Gasteiger charge is -2.19. The first kappa shape index (κ1) is 10.4. The summed E-state index contributed by atoms with van der Waals surface area (Å²) in [4.78, 5) is 9.85. The minimum Gasteiger partial charge on any atom is -0.395 e. The third-order valence-corrected chi connectivity index (χ3v) is 1.83. The Morgan fingerprint density at radius 2 is 2.29 bits per heavy atom. The van der Waals surface area contributed by atoms with Crippen LogP contribution in [0.15, 0.2) is 12.4 Å². The van der Waals surface area contributed by atoms with Crippen LogP contribution in [0.5, 0.6) is 0 Å². The zero-order valence-corrected chi connectivity index (χ0v) is 8.01. The second-order valence-electron chi connectivity index (χ2n) is 2.67. The Bertz CT molecular complexity index is 317. The quantitative estimate of drug-likeness (QED) is 0.736. The Balaban J connectivity index is 2.79. The molecule has 0 atom stereocenters. The van der Waals surface area contributed by atoms with E-state index in [1.54, 1.807) is 0 Å². The Labute approximate surface area is 82.6 Å². The molecule has 0 aliphatic heterocycles.